The number of hydrogen-bond donors (Lipinski definition) is 2. The van der Waals surface area contributed by atoms with Crippen molar-refractivity contribution in [1.29, 1.82) is 0 Å². The molecular weight excluding hydrogens is 236 g/mol. The van der Waals surface area contributed by atoms with Crippen LogP contribution in [0.4, 0.5) is 0 Å². The molecule has 0 fully saturated rings. The lowest BCUT2D eigenvalue weighted by molar-refractivity contribution is -0.118. The Bertz CT molecular complexity index is 558. The maximum atomic E-state index is 11.8. The standard InChI is InChI=1S/C11H18N4O3/c1-7(4-9(12)16)13-5-8-6-14(2)11(18)15(3)10(8)17/h6-7,13H,4-5H2,1-3H3,(H2,12,16). The minimum atomic E-state index is -0.400. The van der Waals surface area contributed by atoms with Gasteiger partial charge in [-0.2, -0.15) is 0 Å². The number of nitrogens with two attached hydrogens (primary N) is 1. The number of carbonyl (C=O) groups excluding carboxylic acids is 1. The van der Waals surface area contributed by atoms with Crippen LogP contribution in [0.2, 0.25) is 0 Å². The highest BCUT2D eigenvalue weighted by molar-refractivity contribution is 5.74. The van der Waals surface area contributed by atoms with Crippen molar-refractivity contribution in [3.05, 3.63) is 32.6 Å². The summed E-state index contributed by atoms with van der Waals surface area (Å²) in [5.74, 6) is -0.400. The normalized spacial score (nSPS) is 12.4. The van der Waals surface area contributed by atoms with Crippen LogP contribution in [0.3, 0.4) is 0 Å². The Kier molecular flexibility index (Phi) is 4.43. The maximum Gasteiger partial charge on any atom is 0.330 e. The molecule has 0 aliphatic heterocycles. The van der Waals surface area contributed by atoms with E-state index in [2.05, 4.69) is 5.32 Å². The van der Waals surface area contributed by atoms with Crippen LogP contribution in [-0.4, -0.2) is 21.1 Å². The minimum Gasteiger partial charge on any atom is -0.370 e. The van der Waals surface area contributed by atoms with Gasteiger partial charge in [0.15, 0.2) is 0 Å². The zero-order valence-electron chi connectivity index (χ0n) is 10.8. The second-order valence-corrected chi connectivity index (χ2v) is 4.36. The molecule has 18 heavy (non-hydrogen) atoms. The molecule has 0 aliphatic carbocycles. The van der Waals surface area contributed by atoms with E-state index in [9.17, 15) is 14.4 Å². The topological polar surface area (TPSA) is 99.1 Å². The van der Waals surface area contributed by atoms with Crippen molar-refractivity contribution < 1.29 is 4.79 Å². The Morgan fingerprint density at radius 3 is 2.61 bits per heavy atom. The molecule has 0 aromatic carbocycles. The summed E-state index contributed by atoms with van der Waals surface area (Å²) >= 11 is 0. The first-order chi connectivity index (χ1) is 8.32. The van der Waals surface area contributed by atoms with E-state index in [1.54, 1.807) is 14.0 Å². The highest BCUT2D eigenvalue weighted by Crippen LogP contribution is 1.93. The number of nitrogens with one attached hydrogen (secondary N) is 1. The molecule has 100 valence electrons. The van der Waals surface area contributed by atoms with Gasteiger partial charge in [0.1, 0.15) is 0 Å². The van der Waals surface area contributed by atoms with Crippen LogP contribution >= 0.6 is 0 Å². The monoisotopic (exact) mass is 254 g/mol. The summed E-state index contributed by atoms with van der Waals surface area (Å²) in [7, 11) is 3.01. The van der Waals surface area contributed by atoms with Gasteiger partial charge in [-0.25, -0.2) is 4.79 Å². The first-order valence-corrected chi connectivity index (χ1v) is 5.60. The zero-order valence-corrected chi connectivity index (χ0v) is 10.8. The highest BCUT2D eigenvalue weighted by atomic mass is 16.2. The SMILES string of the molecule is CC(CC(N)=O)NCc1cn(C)c(=O)n(C)c1=O. The van der Waals surface area contributed by atoms with Gasteiger partial charge >= 0.3 is 5.69 Å². The van der Waals surface area contributed by atoms with Crippen molar-refractivity contribution in [3.8, 4) is 0 Å². The molecule has 0 bridgehead atoms. The van der Waals surface area contributed by atoms with Crippen molar-refractivity contribution in [2.75, 3.05) is 0 Å². The summed E-state index contributed by atoms with van der Waals surface area (Å²) in [6.45, 7) is 2.09. The van der Waals surface area contributed by atoms with Crippen LogP contribution in [0.15, 0.2) is 15.8 Å². The first-order valence-electron chi connectivity index (χ1n) is 5.60. The number of hydrogen-bond acceptors (Lipinski definition) is 4. The third-order valence-corrected chi connectivity index (χ3v) is 2.67. The summed E-state index contributed by atoms with van der Waals surface area (Å²) in [4.78, 5) is 34.0. The first kappa shape index (κ1) is 14.2. The van der Waals surface area contributed by atoms with Gasteiger partial charge in [-0.3, -0.25) is 14.2 Å². The molecule has 0 aliphatic rings. The van der Waals surface area contributed by atoms with Crippen LogP contribution in [0.1, 0.15) is 18.9 Å². The van der Waals surface area contributed by atoms with E-state index in [-0.39, 0.29) is 30.3 Å². The second-order valence-electron chi connectivity index (χ2n) is 4.36. The fraction of sp³-hybridized carbons (Fsp3) is 0.545. The zero-order chi connectivity index (χ0) is 13.9. The summed E-state index contributed by atoms with van der Waals surface area (Å²) < 4.78 is 2.40. The van der Waals surface area contributed by atoms with E-state index in [0.29, 0.717) is 5.56 Å². The quantitative estimate of drug-likeness (QED) is 0.663. The molecule has 7 heteroatoms. The largest absolute Gasteiger partial charge is 0.370 e. The third-order valence-electron chi connectivity index (χ3n) is 2.67. The van der Waals surface area contributed by atoms with Gasteiger partial charge in [0.05, 0.1) is 0 Å². The predicted octanol–water partition coefficient (Wildman–Crippen LogP) is -1.56. The van der Waals surface area contributed by atoms with Crippen molar-refractivity contribution in [1.82, 2.24) is 14.5 Å². The van der Waals surface area contributed by atoms with Gasteiger partial charge in [0.25, 0.3) is 5.56 Å². The summed E-state index contributed by atoms with van der Waals surface area (Å²) in [6.07, 6.45) is 1.70. The van der Waals surface area contributed by atoms with Crippen molar-refractivity contribution in [3.63, 3.8) is 0 Å². The number of nitrogens with zero attached hydrogens (tertiary/aromatic N) is 2. The van der Waals surface area contributed by atoms with Crippen LogP contribution < -0.4 is 22.3 Å². The van der Waals surface area contributed by atoms with E-state index in [0.717, 1.165) is 4.57 Å². The number of primary amides is 1. The van der Waals surface area contributed by atoms with E-state index in [4.69, 9.17) is 5.73 Å². The number of aromatic nitrogens is 2. The molecule has 0 radical (unpaired) electrons. The lowest BCUT2D eigenvalue weighted by Crippen LogP contribution is -2.40. The Hall–Kier alpha value is -1.89. The summed E-state index contributed by atoms with van der Waals surface area (Å²) in [5.41, 5.74) is 4.84. The van der Waals surface area contributed by atoms with Crippen LogP contribution in [0.5, 0.6) is 0 Å². The van der Waals surface area contributed by atoms with Gasteiger partial charge in [-0.15, -0.1) is 0 Å². The van der Waals surface area contributed by atoms with Gasteiger partial charge < -0.3 is 15.6 Å². The van der Waals surface area contributed by atoms with Gasteiger partial charge in [0, 0.05) is 44.9 Å². The van der Waals surface area contributed by atoms with Gasteiger partial charge in [0.2, 0.25) is 5.91 Å². The summed E-state index contributed by atoms with van der Waals surface area (Å²) in [5, 5.41) is 3.02. The predicted molar refractivity (Wildman–Crippen MR) is 67.0 cm³/mol. The minimum absolute atomic E-state index is 0.121. The number of carbonyl (C=O) groups is 1. The molecule has 1 rings (SSSR count). The lowest BCUT2D eigenvalue weighted by Gasteiger charge is -2.12. The van der Waals surface area contributed by atoms with Crippen molar-refractivity contribution >= 4 is 5.91 Å². The number of aryl methyl sites for hydroxylation is 1. The molecule has 1 atom stereocenters. The fourth-order valence-electron chi connectivity index (χ4n) is 1.66. The van der Waals surface area contributed by atoms with Crippen LogP contribution in [0.25, 0.3) is 0 Å². The van der Waals surface area contributed by atoms with Crippen molar-refractivity contribution in [2.24, 2.45) is 19.8 Å². The molecule has 3 N–H and O–H groups in total. The Morgan fingerprint density at radius 2 is 2.06 bits per heavy atom. The van der Waals surface area contributed by atoms with Gasteiger partial charge in [-0.05, 0) is 6.92 Å². The van der Waals surface area contributed by atoms with E-state index in [1.165, 1.54) is 17.8 Å². The fourth-order valence-corrected chi connectivity index (χ4v) is 1.66. The molecule has 1 amide bonds. The van der Waals surface area contributed by atoms with Crippen molar-refractivity contribution in [2.45, 2.75) is 25.9 Å². The molecular formula is C11H18N4O3. The Balaban J connectivity index is 2.84. The smallest absolute Gasteiger partial charge is 0.330 e. The lowest BCUT2D eigenvalue weighted by atomic mass is 10.2. The molecule has 0 saturated heterocycles. The molecule has 1 unspecified atom stereocenters. The van der Waals surface area contributed by atoms with Gasteiger partial charge in [-0.1, -0.05) is 0 Å². The molecule has 1 aromatic heterocycles. The number of rotatable bonds is 5. The van der Waals surface area contributed by atoms with Crippen LogP contribution in [0, 0.1) is 0 Å². The molecule has 7 nitrogen and oxygen atoms in total. The molecule has 1 aromatic rings. The number of amides is 1. The molecule has 0 saturated carbocycles. The second kappa shape index (κ2) is 5.63. The molecule has 1 heterocycles. The third kappa shape index (κ3) is 3.30. The Morgan fingerprint density at radius 1 is 1.44 bits per heavy atom. The highest BCUT2D eigenvalue weighted by Gasteiger charge is 2.09. The Labute approximate surface area is 104 Å². The van der Waals surface area contributed by atoms with E-state index >= 15 is 0 Å². The average molecular weight is 254 g/mol. The summed E-state index contributed by atoms with van der Waals surface area (Å²) in [6, 6.07) is -0.121. The van der Waals surface area contributed by atoms with E-state index < -0.39 is 5.91 Å². The average Bonchev–Trinajstić information content (AvgIpc) is 2.28. The maximum absolute atomic E-state index is 11.8. The van der Waals surface area contributed by atoms with E-state index in [1.807, 2.05) is 0 Å². The molecule has 0 spiro atoms. The van der Waals surface area contributed by atoms with Crippen LogP contribution in [-0.2, 0) is 25.4 Å².